The van der Waals surface area contributed by atoms with Gasteiger partial charge < -0.3 is 47.4 Å². The van der Waals surface area contributed by atoms with Crippen molar-refractivity contribution in [1.82, 2.24) is 42.1 Å². The number of nitrogens with one attached hydrogen (secondary N) is 7. The lowest BCUT2D eigenvalue weighted by Gasteiger charge is -2.31. The second-order valence-corrected chi connectivity index (χ2v) is 25.3. The standard InChI is InChI=1S/C26H38N4O5S2.C25H36N4O5S2.C2H6.CH4.ClH/c1-4-9-19(28-24(34)20-14-26(16-30(20)3)36-12-8-13-37-26)23(33)25(35)27-15-21(32)29-22(17(2)31)18-10-6-5-7-11-18;1-3-8-18(28-23(33)19-13-25(15-27-19)35-11-7-12-36-25)22(32)24(34)26-14-20(31)29-21(16(2)30)17-9-5-4-6-10-17;1-2;;/h5-7,10-11,19-20,22-23,33H,4,8-9,12-16H2,1-3H3,(H,27,35)(H,28,34)(H,29,32);4-6,9-10,18-19,21-22,27,32H,3,7-8,11-15H2,1-2H3,(H,26,34)(H,28,33)(H,29,31);1-2H3;1H4;1H/t19?,20-,22+,23?;18?,19-,21+,22?;;;/m00.../s1. The predicted molar refractivity (Wildman–Crippen MR) is 315 cm³/mol. The predicted octanol–water partition coefficient (Wildman–Crippen LogP) is 4.67. The Labute approximate surface area is 479 Å². The monoisotopic (exact) mass is 1170 g/mol. The van der Waals surface area contributed by atoms with Gasteiger partial charge in [-0.3, -0.25) is 43.3 Å². The average Bonchev–Trinajstić information content (AvgIpc) is 3.98. The number of halogens is 1. The Morgan fingerprint density at radius 2 is 1.04 bits per heavy atom. The molecule has 2 spiro atoms. The molecule has 4 saturated heterocycles. The number of hydrogen-bond donors (Lipinski definition) is 9. The van der Waals surface area contributed by atoms with Crippen molar-refractivity contribution in [3.05, 3.63) is 71.8 Å². The molecule has 0 radical (unpaired) electrons. The SMILES string of the molecule is C.CC.CCCC(NC(=O)[C@@H]1CC2(CN1)SCCCS2)C(O)C(=O)NCC(=O)N[C@H](C(C)=O)c1ccccc1.CCCC(NC(=O)[C@@H]1CC2(CN1C)SCCCS2)C(O)C(=O)NCC(=O)N[C@H](C(C)=O)c1ccccc1.Cl. The number of likely N-dealkylation sites (tertiary alicyclic amines) is 1. The third-order valence-electron chi connectivity index (χ3n) is 13.0. The Kier molecular flexibility index (Phi) is 31.5. The topological polar surface area (TPSA) is 264 Å². The van der Waals surface area contributed by atoms with Crippen molar-refractivity contribution in [1.29, 1.82) is 0 Å². The lowest BCUT2D eigenvalue weighted by atomic mass is 10.0. The molecular weight excluding hydrogens is 1080 g/mol. The summed E-state index contributed by atoms with van der Waals surface area (Å²) in [6.07, 6.45) is 2.90. The van der Waals surface area contributed by atoms with Crippen molar-refractivity contribution in [2.45, 2.75) is 157 Å². The summed E-state index contributed by atoms with van der Waals surface area (Å²) in [6.45, 7) is 11.3. The van der Waals surface area contributed by atoms with Gasteiger partial charge >= 0.3 is 0 Å². The first kappa shape index (κ1) is 69.2. The van der Waals surface area contributed by atoms with E-state index in [9.17, 15) is 48.6 Å². The largest absolute Gasteiger partial charge is 0.381 e. The Morgan fingerprint density at radius 1 is 0.636 bits per heavy atom. The van der Waals surface area contributed by atoms with E-state index in [1.807, 2.05) is 93.9 Å². The van der Waals surface area contributed by atoms with Crippen LogP contribution in [0.3, 0.4) is 0 Å². The fourth-order valence-corrected chi connectivity index (χ4v) is 15.9. The summed E-state index contributed by atoms with van der Waals surface area (Å²) in [6, 6.07) is 13.8. The smallest absolute Gasteiger partial charge is 0.251 e. The lowest BCUT2D eigenvalue weighted by molar-refractivity contribution is -0.135. The lowest BCUT2D eigenvalue weighted by Crippen LogP contribution is -2.54. The number of nitrogens with zero attached hydrogens (tertiary/aromatic N) is 1. The van der Waals surface area contributed by atoms with E-state index in [0.717, 1.165) is 42.5 Å². The van der Waals surface area contributed by atoms with Gasteiger partial charge in [-0.15, -0.1) is 59.5 Å². The quantitative estimate of drug-likeness (QED) is 0.0776. The number of hydrogen-bond acceptors (Lipinski definition) is 16. The Morgan fingerprint density at radius 3 is 1.44 bits per heavy atom. The van der Waals surface area contributed by atoms with Crippen LogP contribution in [0, 0.1) is 0 Å². The number of aliphatic hydroxyl groups is 2. The number of likely N-dealkylation sites (N-methyl/N-ethyl adjacent to an activating group) is 1. The maximum atomic E-state index is 13.2. The van der Waals surface area contributed by atoms with E-state index in [1.165, 1.54) is 26.7 Å². The van der Waals surface area contributed by atoms with Gasteiger partial charge in [0.15, 0.2) is 23.8 Å². The molecule has 77 heavy (non-hydrogen) atoms. The third-order valence-corrected chi connectivity index (χ3v) is 19.7. The number of aliphatic hydroxyl groups excluding tert-OH is 2. The van der Waals surface area contributed by atoms with Crippen LogP contribution in [-0.4, -0.2) is 163 Å². The summed E-state index contributed by atoms with van der Waals surface area (Å²) >= 11 is 7.63. The van der Waals surface area contributed by atoms with E-state index in [-0.39, 0.29) is 63.5 Å². The van der Waals surface area contributed by atoms with Crippen LogP contribution in [-0.2, 0) is 38.4 Å². The second-order valence-electron chi connectivity index (χ2n) is 18.9. The van der Waals surface area contributed by atoms with Crippen LogP contribution >= 0.6 is 59.5 Å². The number of carbonyl (C=O) groups excluding carboxylic acids is 8. The van der Waals surface area contributed by atoms with Gasteiger partial charge in [-0.1, -0.05) is 109 Å². The molecule has 8 atom stereocenters. The Hall–Kier alpha value is -3.87. The van der Waals surface area contributed by atoms with Crippen molar-refractivity contribution in [2.24, 2.45) is 0 Å². The highest BCUT2D eigenvalue weighted by atomic mass is 35.5. The minimum absolute atomic E-state index is 0. The van der Waals surface area contributed by atoms with Gasteiger partial charge in [0.2, 0.25) is 23.6 Å². The number of ketones is 2. The summed E-state index contributed by atoms with van der Waals surface area (Å²) in [5, 5.41) is 40.5. The Bertz CT molecular complexity index is 2200. The van der Waals surface area contributed by atoms with Crippen molar-refractivity contribution in [3.8, 4) is 0 Å². The van der Waals surface area contributed by atoms with E-state index in [1.54, 1.807) is 48.5 Å². The van der Waals surface area contributed by atoms with Gasteiger partial charge in [0.25, 0.3) is 11.8 Å². The number of thioether (sulfide) groups is 4. The minimum atomic E-state index is -1.51. The second kappa shape index (κ2) is 35.0. The van der Waals surface area contributed by atoms with Crippen LogP contribution in [0.1, 0.15) is 124 Å². The summed E-state index contributed by atoms with van der Waals surface area (Å²) < 4.78 is 0.0391. The number of Topliss-reactive ketones (excluding diaryl/α,β-unsaturated/α-hetero) is 2. The average molecular weight is 1170 g/mol. The van der Waals surface area contributed by atoms with Crippen LogP contribution in [0.15, 0.2) is 60.7 Å². The first-order chi connectivity index (χ1) is 35.9. The van der Waals surface area contributed by atoms with Crippen LogP contribution in [0.2, 0.25) is 0 Å². The molecule has 4 fully saturated rings. The maximum Gasteiger partial charge on any atom is 0.251 e. The summed E-state index contributed by atoms with van der Waals surface area (Å²) in [7, 11) is 1.94. The first-order valence-electron chi connectivity index (χ1n) is 26.1. The molecule has 0 bridgehead atoms. The molecule has 6 rings (SSSR count). The molecule has 4 aliphatic rings. The zero-order chi connectivity index (χ0) is 55.1. The van der Waals surface area contributed by atoms with Gasteiger partial charge in [0, 0.05) is 13.1 Å². The molecule has 4 unspecified atom stereocenters. The van der Waals surface area contributed by atoms with Gasteiger partial charge in [0.1, 0.15) is 12.1 Å². The van der Waals surface area contributed by atoms with Crippen molar-refractivity contribution < 1.29 is 48.6 Å². The highest BCUT2D eigenvalue weighted by molar-refractivity contribution is 8.19. The molecule has 432 valence electrons. The number of amides is 6. The minimum Gasteiger partial charge on any atom is -0.381 e. The van der Waals surface area contributed by atoms with Gasteiger partial charge in [-0.2, -0.15) is 0 Å². The molecular formula is C54H85ClN8O10S4. The highest BCUT2D eigenvalue weighted by Crippen LogP contribution is 2.50. The van der Waals surface area contributed by atoms with E-state index < -0.39 is 73.1 Å². The molecule has 0 aromatic heterocycles. The fourth-order valence-electron chi connectivity index (χ4n) is 9.15. The molecule has 4 heterocycles. The molecule has 4 aliphatic heterocycles. The van der Waals surface area contributed by atoms with Crippen LogP contribution in [0.5, 0.6) is 0 Å². The van der Waals surface area contributed by atoms with Crippen LogP contribution in [0.25, 0.3) is 0 Å². The summed E-state index contributed by atoms with van der Waals surface area (Å²) in [5.41, 5.74) is 1.28. The van der Waals surface area contributed by atoms with Crippen molar-refractivity contribution in [3.63, 3.8) is 0 Å². The summed E-state index contributed by atoms with van der Waals surface area (Å²) in [4.78, 5) is 102. The molecule has 0 saturated carbocycles. The van der Waals surface area contributed by atoms with Gasteiger partial charge in [0.05, 0.1) is 45.4 Å². The van der Waals surface area contributed by atoms with E-state index in [4.69, 9.17) is 0 Å². The number of rotatable bonds is 22. The molecule has 2 aromatic carbocycles. The molecule has 0 aliphatic carbocycles. The zero-order valence-electron chi connectivity index (χ0n) is 44.9. The van der Waals surface area contributed by atoms with Crippen LogP contribution < -0.4 is 37.2 Å². The number of carbonyl (C=O) groups is 8. The zero-order valence-corrected chi connectivity index (χ0v) is 48.9. The molecule has 18 nitrogen and oxygen atoms in total. The normalized spacial score (nSPS) is 20.4. The molecule has 6 amide bonds. The van der Waals surface area contributed by atoms with Crippen molar-refractivity contribution >= 4 is 106 Å². The van der Waals surface area contributed by atoms with E-state index in [0.29, 0.717) is 43.2 Å². The van der Waals surface area contributed by atoms with Crippen LogP contribution in [0.4, 0.5) is 0 Å². The van der Waals surface area contributed by atoms with Crippen molar-refractivity contribution in [2.75, 3.05) is 56.2 Å². The number of benzene rings is 2. The molecule has 9 N–H and O–H groups in total. The highest BCUT2D eigenvalue weighted by Gasteiger charge is 2.48. The first-order valence-corrected chi connectivity index (χ1v) is 30.1. The van der Waals surface area contributed by atoms with E-state index in [2.05, 4.69) is 42.1 Å². The third kappa shape index (κ3) is 21.3. The molecule has 23 heteroatoms. The van der Waals surface area contributed by atoms with E-state index >= 15 is 0 Å². The van der Waals surface area contributed by atoms with Gasteiger partial charge in [-0.25, -0.2) is 0 Å². The fraction of sp³-hybridized carbons (Fsp3) is 0.630. The summed E-state index contributed by atoms with van der Waals surface area (Å²) in [5.74, 6) is 0.866. The van der Waals surface area contributed by atoms with Gasteiger partial charge in [-0.05, 0) is 93.6 Å². The maximum absolute atomic E-state index is 13.2. The molecule has 2 aromatic rings. The Balaban J connectivity index is 0.000000498.